The van der Waals surface area contributed by atoms with Crippen LogP contribution in [0.25, 0.3) is 0 Å². The van der Waals surface area contributed by atoms with Crippen LogP contribution in [0.4, 0.5) is 10.5 Å². The molecule has 0 spiro atoms. The Kier molecular flexibility index (Phi) is 6.95. The zero-order valence-electron chi connectivity index (χ0n) is 14.2. The quantitative estimate of drug-likeness (QED) is 0.774. The molecule has 0 saturated carbocycles. The van der Waals surface area contributed by atoms with Crippen molar-refractivity contribution in [3.05, 3.63) is 54.1 Å². The van der Waals surface area contributed by atoms with Gasteiger partial charge in [-0.25, -0.2) is 4.79 Å². The van der Waals surface area contributed by atoms with E-state index < -0.39 is 0 Å². The van der Waals surface area contributed by atoms with Gasteiger partial charge in [0.15, 0.2) is 11.5 Å². The highest BCUT2D eigenvalue weighted by molar-refractivity contribution is 5.89. The summed E-state index contributed by atoms with van der Waals surface area (Å²) in [6.45, 7) is 5.50. The fraction of sp³-hybridized carbons (Fsp3) is 0.316. The zero-order valence-corrected chi connectivity index (χ0v) is 14.2. The Balaban J connectivity index is 1.87. The molecule has 2 rings (SSSR count). The molecule has 0 heterocycles. The highest BCUT2D eigenvalue weighted by Gasteiger charge is 2.08. The van der Waals surface area contributed by atoms with Gasteiger partial charge in [0.05, 0.1) is 13.2 Å². The Morgan fingerprint density at radius 1 is 0.958 bits per heavy atom. The van der Waals surface area contributed by atoms with E-state index in [0.29, 0.717) is 36.9 Å². The van der Waals surface area contributed by atoms with Crippen LogP contribution in [-0.2, 0) is 6.42 Å². The maximum Gasteiger partial charge on any atom is 0.319 e. The molecule has 0 aliphatic carbocycles. The van der Waals surface area contributed by atoms with E-state index in [2.05, 4.69) is 10.6 Å². The molecule has 2 aromatic carbocycles. The van der Waals surface area contributed by atoms with Gasteiger partial charge in [0, 0.05) is 18.3 Å². The predicted molar refractivity (Wildman–Crippen MR) is 95.9 cm³/mol. The average Bonchev–Trinajstić information content (AvgIpc) is 2.58. The highest BCUT2D eigenvalue weighted by atomic mass is 16.5. The number of rotatable bonds is 8. The van der Waals surface area contributed by atoms with Crippen molar-refractivity contribution in [1.82, 2.24) is 5.32 Å². The second kappa shape index (κ2) is 9.45. The largest absolute Gasteiger partial charge is 0.490 e. The lowest BCUT2D eigenvalue weighted by atomic mass is 10.1. The van der Waals surface area contributed by atoms with Gasteiger partial charge in [0.1, 0.15) is 0 Å². The van der Waals surface area contributed by atoms with Gasteiger partial charge in [-0.1, -0.05) is 30.3 Å². The third kappa shape index (κ3) is 5.50. The molecule has 0 fully saturated rings. The van der Waals surface area contributed by atoms with E-state index in [1.165, 1.54) is 5.56 Å². The molecule has 0 aliphatic rings. The molecule has 0 unspecified atom stereocenters. The van der Waals surface area contributed by atoms with Crippen LogP contribution in [0.15, 0.2) is 48.5 Å². The highest BCUT2D eigenvalue weighted by Crippen LogP contribution is 2.30. The number of hydrogen-bond acceptors (Lipinski definition) is 3. The lowest BCUT2D eigenvalue weighted by molar-refractivity contribution is 0.252. The van der Waals surface area contributed by atoms with E-state index in [-0.39, 0.29) is 6.03 Å². The summed E-state index contributed by atoms with van der Waals surface area (Å²) in [5.41, 5.74) is 1.86. The number of urea groups is 1. The maximum atomic E-state index is 12.0. The number of carbonyl (C=O) groups is 1. The number of amides is 2. The van der Waals surface area contributed by atoms with Crippen LogP contribution in [0.1, 0.15) is 19.4 Å². The van der Waals surface area contributed by atoms with Crippen LogP contribution < -0.4 is 20.1 Å². The van der Waals surface area contributed by atoms with Gasteiger partial charge in [-0.2, -0.15) is 0 Å². The molecule has 2 N–H and O–H groups in total. The molecule has 2 aromatic rings. The summed E-state index contributed by atoms with van der Waals surface area (Å²) in [5, 5.41) is 5.66. The molecule has 5 nitrogen and oxygen atoms in total. The standard InChI is InChI=1S/C19H24N2O3/c1-3-23-17-11-10-16(14-18(17)24-4-2)21-19(22)20-13-12-15-8-6-5-7-9-15/h5-11,14H,3-4,12-13H2,1-2H3,(H2,20,21,22). The molecule has 0 aromatic heterocycles. The van der Waals surface area contributed by atoms with Gasteiger partial charge in [0.2, 0.25) is 0 Å². The van der Waals surface area contributed by atoms with Crippen molar-refractivity contribution >= 4 is 11.7 Å². The van der Waals surface area contributed by atoms with Gasteiger partial charge >= 0.3 is 6.03 Å². The molecule has 2 amide bonds. The third-order valence-corrected chi connectivity index (χ3v) is 3.34. The number of ether oxygens (including phenoxy) is 2. The van der Waals surface area contributed by atoms with Crippen molar-refractivity contribution in [2.75, 3.05) is 25.1 Å². The number of hydrogen-bond donors (Lipinski definition) is 2. The second-order valence-corrected chi connectivity index (χ2v) is 5.14. The summed E-state index contributed by atoms with van der Waals surface area (Å²) in [6, 6.07) is 15.2. The molecule has 0 aliphatic heterocycles. The molecule has 0 radical (unpaired) electrons. The molecular weight excluding hydrogens is 304 g/mol. The van der Waals surface area contributed by atoms with Gasteiger partial charge in [-0.05, 0) is 38.0 Å². The minimum Gasteiger partial charge on any atom is -0.490 e. The van der Waals surface area contributed by atoms with Crippen LogP contribution in [0.3, 0.4) is 0 Å². The van der Waals surface area contributed by atoms with Crippen molar-refractivity contribution in [2.24, 2.45) is 0 Å². The monoisotopic (exact) mass is 328 g/mol. The molecule has 128 valence electrons. The summed E-state index contributed by atoms with van der Waals surface area (Å²) < 4.78 is 11.1. The first kappa shape index (κ1) is 17.7. The Morgan fingerprint density at radius 2 is 1.67 bits per heavy atom. The summed E-state index contributed by atoms with van der Waals surface area (Å²) in [7, 11) is 0. The van der Waals surface area contributed by atoms with Crippen LogP contribution in [0.2, 0.25) is 0 Å². The first-order valence-corrected chi connectivity index (χ1v) is 8.21. The van der Waals surface area contributed by atoms with Crippen molar-refractivity contribution < 1.29 is 14.3 Å². The average molecular weight is 328 g/mol. The number of carbonyl (C=O) groups excluding carboxylic acids is 1. The molecule has 0 bridgehead atoms. The minimum absolute atomic E-state index is 0.238. The van der Waals surface area contributed by atoms with E-state index in [4.69, 9.17) is 9.47 Å². The molecule has 0 saturated heterocycles. The van der Waals surface area contributed by atoms with Gasteiger partial charge in [-0.3, -0.25) is 0 Å². The summed E-state index contributed by atoms with van der Waals surface area (Å²) in [5.74, 6) is 1.30. The van der Waals surface area contributed by atoms with Gasteiger partial charge < -0.3 is 20.1 Å². The number of anilines is 1. The van der Waals surface area contributed by atoms with E-state index in [1.807, 2.05) is 44.2 Å². The van der Waals surface area contributed by atoms with Crippen LogP contribution in [0, 0.1) is 0 Å². The minimum atomic E-state index is -0.238. The third-order valence-electron chi connectivity index (χ3n) is 3.34. The van der Waals surface area contributed by atoms with E-state index in [1.54, 1.807) is 18.2 Å². The topological polar surface area (TPSA) is 59.6 Å². The van der Waals surface area contributed by atoms with Crippen molar-refractivity contribution in [2.45, 2.75) is 20.3 Å². The molecule has 5 heteroatoms. The first-order valence-electron chi connectivity index (χ1n) is 8.21. The Labute approximate surface area is 143 Å². The number of nitrogens with one attached hydrogen (secondary N) is 2. The number of benzene rings is 2. The van der Waals surface area contributed by atoms with Crippen LogP contribution in [0.5, 0.6) is 11.5 Å². The van der Waals surface area contributed by atoms with Crippen LogP contribution in [-0.4, -0.2) is 25.8 Å². The van der Waals surface area contributed by atoms with Crippen LogP contribution >= 0.6 is 0 Å². The van der Waals surface area contributed by atoms with Gasteiger partial charge in [-0.15, -0.1) is 0 Å². The molecule has 0 atom stereocenters. The van der Waals surface area contributed by atoms with Crippen molar-refractivity contribution in [1.29, 1.82) is 0 Å². The summed E-state index contributed by atoms with van der Waals surface area (Å²) in [4.78, 5) is 12.0. The first-order chi connectivity index (χ1) is 11.7. The maximum absolute atomic E-state index is 12.0. The van der Waals surface area contributed by atoms with Gasteiger partial charge in [0.25, 0.3) is 0 Å². The van der Waals surface area contributed by atoms with E-state index in [9.17, 15) is 4.79 Å². The van der Waals surface area contributed by atoms with Crippen molar-refractivity contribution in [3.8, 4) is 11.5 Å². The molecular formula is C19H24N2O3. The van der Waals surface area contributed by atoms with Crippen molar-refractivity contribution in [3.63, 3.8) is 0 Å². The fourth-order valence-electron chi connectivity index (χ4n) is 2.27. The lowest BCUT2D eigenvalue weighted by Crippen LogP contribution is -2.30. The predicted octanol–water partition coefficient (Wildman–Crippen LogP) is 3.85. The fourth-order valence-corrected chi connectivity index (χ4v) is 2.27. The normalized spacial score (nSPS) is 10.1. The Morgan fingerprint density at radius 3 is 2.38 bits per heavy atom. The summed E-state index contributed by atoms with van der Waals surface area (Å²) >= 11 is 0. The SMILES string of the molecule is CCOc1ccc(NC(=O)NCCc2ccccc2)cc1OCC. The zero-order chi connectivity index (χ0) is 17.2. The second-order valence-electron chi connectivity index (χ2n) is 5.14. The lowest BCUT2D eigenvalue weighted by Gasteiger charge is -2.13. The Hall–Kier alpha value is -2.69. The summed E-state index contributed by atoms with van der Waals surface area (Å²) in [6.07, 6.45) is 0.793. The van der Waals surface area contributed by atoms with E-state index >= 15 is 0 Å². The Bertz CT molecular complexity index is 644. The van der Waals surface area contributed by atoms with E-state index in [0.717, 1.165) is 6.42 Å². The molecule has 24 heavy (non-hydrogen) atoms. The smallest absolute Gasteiger partial charge is 0.319 e.